The smallest absolute Gasteiger partial charge is 0.320 e. The summed E-state index contributed by atoms with van der Waals surface area (Å²) in [5.41, 5.74) is 6.00. The predicted molar refractivity (Wildman–Crippen MR) is 73.9 cm³/mol. The van der Waals surface area contributed by atoms with Crippen molar-refractivity contribution in [1.29, 1.82) is 0 Å². The largest absolute Gasteiger partial charge is 0.480 e. The summed E-state index contributed by atoms with van der Waals surface area (Å²) in [7, 11) is 0. The summed E-state index contributed by atoms with van der Waals surface area (Å²) in [6.07, 6.45) is -3.71. The number of aromatic nitrogens is 2. The van der Waals surface area contributed by atoms with E-state index in [1.165, 1.54) is 6.33 Å². The van der Waals surface area contributed by atoms with Crippen LogP contribution in [-0.4, -0.2) is 89.9 Å². The Bertz CT molecular complexity index is 466. The number of hydrogen-bond acceptors (Lipinski definition) is 9. The second kappa shape index (κ2) is 8.88. The van der Waals surface area contributed by atoms with Gasteiger partial charge in [0, 0.05) is 18.3 Å². The zero-order valence-electron chi connectivity index (χ0n) is 12.1. The van der Waals surface area contributed by atoms with E-state index in [1.54, 1.807) is 6.20 Å². The molecule has 1 saturated heterocycles. The molecule has 0 aliphatic carbocycles. The Morgan fingerprint density at radius 1 is 1.30 bits per heavy atom. The van der Waals surface area contributed by atoms with E-state index in [0.29, 0.717) is 0 Å². The number of nitrogens with two attached hydrogens (primary N) is 1. The Kier molecular flexibility index (Phi) is 7.51. The van der Waals surface area contributed by atoms with Crippen molar-refractivity contribution in [3.8, 4) is 0 Å². The Balaban J connectivity index is 0.000000231. The summed E-state index contributed by atoms with van der Waals surface area (Å²) in [5, 5.41) is 53.1. The van der Waals surface area contributed by atoms with Crippen LogP contribution in [0, 0.1) is 0 Å². The topological polar surface area (TPSA) is 202 Å². The lowest BCUT2D eigenvalue weighted by molar-refractivity contribution is -0.286. The second-order valence-electron chi connectivity index (χ2n) is 4.95. The van der Waals surface area contributed by atoms with Gasteiger partial charge >= 0.3 is 5.97 Å². The van der Waals surface area contributed by atoms with E-state index in [9.17, 15) is 4.79 Å². The van der Waals surface area contributed by atoms with Crippen molar-refractivity contribution in [3.63, 3.8) is 0 Å². The highest BCUT2D eigenvalue weighted by Gasteiger charge is 2.42. The number of aliphatic carboxylic acids is 1. The third-order valence-electron chi connectivity index (χ3n) is 3.18. The van der Waals surface area contributed by atoms with Crippen LogP contribution in [0.15, 0.2) is 12.5 Å². The lowest BCUT2D eigenvalue weighted by atomic mass is 10.00. The fourth-order valence-corrected chi connectivity index (χ4v) is 1.80. The number of nitrogens with one attached hydrogen (secondary N) is 1. The van der Waals surface area contributed by atoms with Crippen molar-refractivity contribution in [2.24, 2.45) is 5.73 Å². The van der Waals surface area contributed by atoms with Crippen molar-refractivity contribution < 1.29 is 40.2 Å². The minimum Gasteiger partial charge on any atom is -0.480 e. The number of carbonyl (C=O) groups is 1. The summed E-state index contributed by atoms with van der Waals surface area (Å²) >= 11 is 0. The number of hydrogen-bond donors (Lipinski definition) is 8. The van der Waals surface area contributed by atoms with Crippen LogP contribution in [0.5, 0.6) is 0 Å². The Morgan fingerprint density at radius 2 is 1.96 bits per heavy atom. The van der Waals surface area contributed by atoms with Crippen LogP contribution in [0.3, 0.4) is 0 Å². The van der Waals surface area contributed by atoms with E-state index in [2.05, 4.69) is 14.7 Å². The predicted octanol–water partition coefficient (Wildman–Crippen LogP) is -3.86. The van der Waals surface area contributed by atoms with Gasteiger partial charge in [-0.15, -0.1) is 0 Å². The van der Waals surface area contributed by atoms with Crippen molar-refractivity contribution in [2.45, 2.75) is 43.2 Å². The third kappa shape index (κ3) is 5.51. The number of carboxylic acids is 1. The molecule has 1 aliphatic heterocycles. The van der Waals surface area contributed by atoms with Crippen molar-refractivity contribution in [1.82, 2.24) is 9.97 Å². The van der Waals surface area contributed by atoms with Crippen LogP contribution in [0.25, 0.3) is 0 Å². The molecular formula is C12H21N3O8. The molecule has 1 aromatic rings. The van der Waals surface area contributed by atoms with Crippen molar-refractivity contribution in [3.05, 3.63) is 18.2 Å². The molecule has 0 aromatic carbocycles. The van der Waals surface area contributed by atoms with E-state index in [4.69, 9.17) is 36.4 Å². The zero-order valence-corrected chi connectivity index (χ0v) is 12.1. The quantitative estimate of drug-likeness (QED) is 0.269. The number of imidazole rings is 1. The first-order chi connectivity index (χ1) is 10.8. The fourth-order valence-electron chi connectivity index (χ4n) is 1.80. The lowest BCUT2D eigenvalue weighted by Gasteiger charge is -2.37. The van der Waals surface area contributed by atoms with E-state index < -0.39 is 49.3 Å². The average Bonchev–Trinajstić information content (AvgIpc) is 3.02. The molecule has 0 bridgehead atoms. The highest BCUT2D eigenvalue weighted by molar-refractivity contribution is 5.73. The molecule has 2 heterocycles. The average molecular weight is 335 g/mol. The summed E-state index contributed by atoms with van der Waals surface area (Å²) in [6, 6.07) is -0.851. The standard InChI is InChI=1S/C6H9N3O2.C6H12O6/c7-5(6(10)11)1-4-2-8-3-9-4;7-1-2-3(8)4(9)5(10)6(11)12-2/h2-3,5H,1,7H2,(H,8,9)(H,10,11);2-11H,1H2/t5-;2-,3-,4+,5-,6?/m01/s1. The number of H-pyrrole nitrogens is 1. The van der Waals surface area contributed by atoms with Gasteiger partial charge in [0.25, 0.3) is 0 Å². The summed E-state index contributed by atoms with van der Waals surface area (Å²) in [5.74, 6) is -1.00. The molecule has 1 unspecified atom stereocenters. The molecule has 132 valence electrons. The number of aliphatic hydroxyl groups excluding tert-OH is 5. The normalized spacial score (nSPS) is 31.8. The van der Waals surface area contributed by atoms with Gasteiger partial charge in [0.15, 0.2) is 6.29 Å². The molecular weight excluding hydrogens is 314 g/mol. The van der Waals surface area contributed by atoms with Gasteiger partial charge in [0.2, 0.25) is 0 Å². The molecule has 9 N–H and O–H groups in total. The maximum atomic E-state index is 10.3. The van der Waals surface area contributed by atoms with E-state index in [-0.39, 0.29) is 6.42 Å². The first-order valence-electron chi connectivity index (χ1n) is 6.72. The van der Waals surface area contributed by atoms with Gasteiger partial charge < -0.3 is 46.1 Å². The molecule has 6 atom stereocenters. The number of aromatic amines is 1. The molecule has 1 aromatic heterocycles. The van der Waals surface area contributed by atoms with E-state index in [0.717, 1.165) is 5.69 Å². The minimum absolute atomic E-state index is 0.287. The van der Waals surface area contributed by atoms with Crippen LogP contribution in [-0.2, 0) is 16.0 Å². The van der Waals surface area contributed by atoms with Crippen LogP contribution in [0.1, 0.15) is 5.69 Å². The lowest BCUT2D eigenvalue weighted by Crippen LogP contribution is -2.58. The molecule has 0 amide bonds. The van der Waals surface area contributed by atoms with E-state index >= 15 is 0 Å². The fraction of sp³-hybridized carbons (Fsp3) is 0.667. The molecule has 0 spiro atoms. The number of rotatable bonds is 4. The van der Waals surface area contributed by atoms with Crippen molar-refractivity contribution >= 4 is 5.97 Å². The summed E-state index contributed by atoms with van der Waals surface area (Å²) in [4.78, 5) is 16.8. The number of ether oxygens (including phenoxy) is 1. The monoisotopic (exact) mass is 335 g/mol. The van der Waals surface area contributed by atoms with Gasteiger partial charge in [-0.25, -0.2) is 4.98 Å². The number of nitrogens with zero attached hydrogens (tertiary/aromatic N) is 1. The molecule has 1 aliphatic rings. The third-order valence-corrected chi connectivity index (χ3v) is 3.18. The van der Waals surface area contributed by atoms with Crippen LogP contribution < -0.4 is 5.73 Å². The first-order valence-corrected chi connectivity index (χ1v) is 6.72. The summed E-state index contributed by atoms with van der Waals surface area (Å²) < 4.78 is 4.58. The van der Waals surface area contributed by atoms with Gasteiger partial charge in [0.05, 0.1) is 12.9 Å². The Hall–Kier alpha value is -1.60. The highest BCUT2D eigenvalue weighted by Crippen LogP contribution is 2.18. The maximum absolute atomic E-state index is 10.3. The molecule has 2 rings (SSSR count). The first kappa shape index (κ1) is 19.4. The van der Waals surface area contributed by atoms with Crippen LogP contribution in [0.4, 0.5) is 0 Å². The van der Waals surface area contributed by atoms with E-state index in [1.807, 2.05) is 0 Å². The van der Waals surface area contributed by atoms with Gasteiger partial charge in [-0.2, -0.15) is 0 Å². The summed E-state index contributed by atoms with van der Waals surface area (Å²) in [6.45, 7) is -0.526. The number of aliphatic hydroxyl groups is 5. The SMILES string of the molecule is N[C@@H](Cc1cnc[nH]1)C(=O)O.OC[C@H]1OC(O)[C@H](O)[C@@H](O)[C@@H]1O. The van der Waals surface area contributed by atoms with Gasteiger partial charge in [-0.1, -0.05) is 0 Å². The highest BCUT2D eigenvalue weighted by atomic mass is 16.6. The van der Waals surface area contributed by atoms with Crippen LogP contribution in [0.2, 0.25) is 0 Å². The van der Waals surface area contributed by atoms with Gasteiger partial charge in [-0.3, -0.25) is 4.79 Å². The maximum Gasteiger partial charge on any atom is 0.320 e. The molecule has 1 fully saturated rings. The van der Waals surface area contributed by atoms with Gasteiger partial charge in [-0.05, 0) is 0 Å². The van der Waals surface area contributed by atoms with Crippen molar-refractivity contribution in [2.75, 3.05) is 6.61 Å². The Labute approximate surface area is 131 Å². The number of carboxylic acid groups (broad SMARTS) is 1. The zero-order chi connectivity index (χ0) is 17.6. The molecule has 0 saturated carbocycles. The Morgan fingerprint density at radius 3 is 2.43 bits per heavy atom. The molecule has 0 radical (unpaired) electrons. The minimum atomic E-state index is -1.57. The second-order valence-corrected chi connectivity index (χ2v) is 4.95. The molecule has 23 heavy (non-hydrogen) atoms. The van der Waals surface area contributed by atoms with Gasteiger partial charge in [0.1, 0.15) is 30.5 Å². The molecule has 11 heteroatoms. The van der Waals surface area contributed by atoms with Crippen LogP contribution >= 0.6 is 0 Å². The molecule has 11 nitrogen and oxygen atoms in total.